The number of anilines is 1. The van der Waals surface area contributed by atoms with E-state index in [2.05, 4.69) is 67.5 Å². The van der Waals surface area contributed by atoms with Gasteiger partial charge in [0.15, 0.2) is 5.13 Å². The van der Waals surface area contributed by atoms with Crippen LogP contribution >= 0.6 is 11.3 Å². The molecule has 1 heterocycles. The van der Waals surface area contributed by atoms with Gasteiger partial charge in [-0.3, -0.25) is 0 Å². The summed E-state index contributed by atoms with van der Waals surface area (Å²) in [5.74, 6) is 0. The molecule has 1 aromatic heterocycles. The summed E-state index contributed by atoms with van der Waals surface area (Å²) in [5.41, 5.74) is 6.40. The summed E-state index contributed by atoms with van der Waals surface area (Å²) in [6, 6.07) is 13.1. The molecular weight excluding hydrogens is 276 g/mol. The zero-order valence-electron chi connectivity index (χ0n) is 12.7. The van der Waals surface area contributed by atoms with Crippen molar-refractivity contribution in [2.24, 2.45) is 0 Å². The van der Waals surface area contributed by atoms with Crippen LogP contribution in [0.1, 0.15) is 22.3 Å². The monoisotopic (exact) mass is 296 g/mol. The molecule has 2 aromatic carbocycles. The Morgan fingerprint density at radius 1 is 1.00 bits per heavy atom. The van der Waals surface area contributed by atoms with Gasteiger partial charge in [-0.1, -0.05) is 41.2 Å². The fraction of sp³-hybridized carbons (Fsp3) is 0.278. The summed E-state index contributed by atoms with van der Waals surface area (Å²) >= 11 is 1.74. The maximum atomic E-state index is 4.67. The molecule has 0 atom stereocenters. The fourth-order valence-corrected chi connectivity index (χ4v) is 3.30. The summed E-state index contributed by atoms with van der Waals surface area (Å²) in [5, 5.41) is 4.46. The highest BCUT2D eigenvalue weighted by Gasteiger charge is 2.05. The number of benzene rings is 2. The first-order valence-electron chi connectivity index (χ1n) is 7.29. The van der Waals surface area contributed by atoms with Gasteiger partial charge in [0.25, 0.3) is 0 Å². The smallest absolute Gasteiger partial charge is 0.183 e. The molecule has 3 rings (SSSR count). The second kappa shape index (κ2) is 5.86. The van der Waals surface area contributed by atoms with E-state index < -0.39 is 0 Å². The van der Waals surface area contributed by atoms with Gasteiger partial charge in [-0.15, -0.1) is 0 Å². The van der Waals surface area contributed by atoms with Crippen molar-refractivity contribution in [3.8, 4) is 0 Å². The lowest BCUT2D eigenvalue weighted by Crippen LogP contribution is -2.04. The van der Waals surface area contributed by atoms with E-state index in [4.69, 9.17) is 0 Å². The van der Waals surface area contributed by atoms with Crippen molar-refractivity contribution in [2.75, 3.05) is 11.9 Å². The first kappa shape index (κ1) is 14.1. The van der Waals surface area contributed by atoms with E-state index >= 15 is 0 Å². The molecule has 108 valence electrons. The van der Waals surface area contributed by atoms with Crippen LogP contribution in [0, 0.1) is 20.8 Å². The Bertz CT molecular complexity index is 718. The molecule has 0 fully saturated rings. The summed E-state index contributed by atoms with van der Waals surface area (Å²) in [4.78, 5) is 4.67. The molecule has 0 amide bonds. The van der Waals surface area contributed by atoms with Gasteiger partial charge in [-0.2, -0.15) is 0 Å². The molecule has 0 aliphatic rings. The molecule has 0 saturated heterocycles. The van der Waals surface area contributed by atoms with Crippen LogP contribution in [-0.2, 0) is 6.42 Å². The normalized spacial score (nSPS) is 11.0. The van der Waals surface area contributed by atoms with Gasteiger partial charge in [-0.05, 0) is 56.0 Å². The molecule has 0 unspecified atom stereocenters. The molecule has 0 aliphatic carbocycles. The average Bonchev–Trinajstić information content (AvgIpc) is 2.83. The molecule has 0 bridgehead atoms. The summed E-state index contributed by atoms with van der Waals surface area (Å²) < 4.78 is 1.26. The minimum Gasteiger partial charge on any atom is -0.361 e. The number of hydrogen-bond donors (Lipinski definition) is 1. The van der Waals surface area contributed by atoms with E-state index in [1.165, 1.54) is 27.0 Å². The first-order chi connectivity index (χ1) is 10.1. The van der Waals surface area contributed by atoms with Crippen molar-refractivity contribution in [2.45, 2.75) is 27.2 Å². The van der Waals surface area contributed by atoms with Crippen LogP contribution in [0.15, 0.2) is 36.4 Å². The van der Waals surface area contributed by atoms with Crippen LogP contribution < -0.4 is 5.32 Å². The van der Waals surface area contributed by atoms with Gasteiger partial charge in [-0.25, -0.2) is 4.98 Å². The minimum absolute atomic E-state index is 0.918. The lowest BCUT2D eigenvalue weighted by atomic mass is 10.1. The third kappa shape index (κ3) is 3.24. The molecule has 3 heteroatoms. The molecule has 0 aliphatic heterocycles. The summed E-state index contributed by atoms with van der Waals surface area (Å²) in [7, 11) is 0. The maximum absolute atomic E-state index is 4.67. The van der Waals surface area contributed by atoms with Crippen molar-refractivity contribution < 1.29 is 0 Å². The van der Waals surface area contributed by atoms with E-state index in [1.807, 2.05) is 0 Å². The Balaban J connectivity index is 1.66. The number of nitrogens with zero attached hydrogens (tertiary/aromatic N) is 1. The number of aromatic nitrogens is 1. The van der Waals surface area contributed by atoms with E-state index in [0.717, 1.165) is 23.6 Å². The van der Waals surface area contributed by atoms with Gasteiger partial charge in [0.2, 0.25) is 0 Å². The van der Waals surface area contributed by atoms with Crippen LogP contribution in [0.25, 0.3) is 10.2 Å². The van der Waals surface area contributed by atoms with Crippen LogP contribution in [0.4, 0.5) is 5.13 Å². The van der Waals surface area contributed by atoms with E-state index in [-0.39, 0.29) is 0 Å². The van der Waals surface area contributed by atoms with Crippen LogP contribution in [0.2, 0.25) is 0 Å². The second-order valence-electron chi connectivity index (χ2n) is 5.59. The molecular formula is C18H20N2S. The number of fused-ring (bicyclic) bond motifs is 1. The van der Waals surface area contributed by atoms with Crippen molar-refractivity contribution >= 4 is 26.7 Å². The van der Waals surface area contributed by atoms with Gasteiger partial charge < -0.3 is 5.32 Å². The number of thiazole rings is 1. The minimum atomic E-state index is 0.918. The van der Waals surface area contributed by atoms with Crippen molar-refractivity contribution in [1.29, 1.82) is 0 Å². The SMILES string of the molecule is Cc1ccc(CCNc2nc3cc(C)c(C)cc3s2)cc1. The Morgan fingerprint density at radius 3 is 2.48 bits per heavy atom. The largest absolute Gasteiger partial charge is 0.361 e. The second-order valence-corrected chi connectivity index (χ2v) is 6.62. The lowest BCUT2D eigenvalue weighted by Gasteiger charge is -2.03. The summed E-state index contributed by atoms with van der Waals surface area (Å²) in [6.07, 6.45) is 1.02. The molecule has 3 aromatic rings. The molecule has 1 N–H and O–H groups in total. The Labute approximate surface area is 129 Å². The van der Waals surface area contributed by atoms with Crippen molar-refractivity contribution in [3.05, 3.63) is 58.7 Å². The highest BCUT2D eigenvalue weighted by atomic mass is 32.1. The maximum Gasteiger partial charge on any atom is 0.183 e. The van der Waals surface area contributed by atoms with Crippen molar-refractivity contribution in [1.82, 2.24) is 4.98 Å². The zero-order valence-corrected chi connectivity index (χ0v) is 13.6. The highest BCUT2D eigenvalue weighted by Crippen LogP contribution is 2.28. The lowest BCUT2D eigenvalue weighted by molar-refractivity contribution is 1.02. The Morgan fingerprint density at radius 2 is 1.71 bits per heavy atom. The van der Waals surface area contributed by atoms with E-state index in [0.29, 0.717) is 0 Å². The molecule has 0 spiro atoms. The Hall–Kier alpha value is -1.87. The van der Waals surface area contributed by atoms with Gasteiger partial charge in [0.1, 0.15) is 0 Å². The van der Waals surface area contributed by atoms with Crippen LogP contribution in [-0.4, -0.2) is 11.5 Å². The van der Waals surface area contributed by atoms with E-state index in [9.17, 15) is 0 Å². The number of rotatable bonds is 4. The standard InChI is InChI=1S/C18H20N2S/c1-12-4-6-15(7-5-12)8-9-19-18-20-16-10-13(2)14(3)11-17(16)21-18/h4-7,10-11H,8-9H2,1-3H3,(H,19,20). The third-order valence-electron chi connectivity index (χ3n) is 3.81. The van der Waals surface area contributed by atoms with Gasteiger partial charge >= 0.3 is 0 Å². The third-order valence-corrected chi connectivity index (χ3v) is 4.79. The molecule has 21 heavy (non-hydrogen) atoms. The van der Waals surface area contributed by atoms with E-state index in [1.54, 1.807) is 11.3 Å². The number of aryl methyl sites for hydroxylation is 3. The Kier molecular flexibility index (Phi) is 3.93. The first-order valence-corrected chi connectivity index (χ1v) is 8.11. The fourth-order valence-electron chi connectivity index (χ4n) is 2.32. The van der Waals surface area contributed by atoms with Crippen LogP contribution in [0.5, 0.6) is 0 Å². The average molecular weight is 296 g/mol. The molecule has 2 nitrogen and oxygen atoms in total. The topological polar surface area (TPSA) is 24.9 Å². The predicted molar refractivity (Wildman–Crippen MR) is 92.5 cm³/mol. The number of nitrogens with one attached hydrogen (secondary N) is 1. The predicted octanol–water partition coefficient (Wildman–Crippen LogP) is 4.88. The highest BCUT2D eigenvalue weighted by molar-refractivity contribution is 7.22. The van der Waals surface area contributed by atoms with Crippen molar-refractivity contribution in [3.63, 3.8) is 0 Å². The molecule has 0 radical (unpaired) electrons. The zero-order chi connectivity index (χ0) is 14.8. The van der Waals surface area contributed by atoms with Gasteiger partial charge in [0.05, 0.1) is 10.2 Å². The quantitative estimate of drug-likeness (QED) is 0.742. The summed E-state index contributed by atoms with van der Waals surface area (Å²) in [6.45, 7) is 7.32. The number of hydrogen-bond acceptors (Lipinski definition) is 3. The van der Waals surface area contributed by atoms with Crippen LogP contribution in [0.3, 0.4) is 0 Å². The molecule has 0 saturated carbocycles. The van der Waals surface area contributed by atoms with Gasteiger partial charge in [0, 0.05) is 6.54 Å².